The minimum atomic E-state index is -0.0563. The standard InChI is InChI=1S/C20H19ClN4O/c21-17-4-2-1-3-14(17)11-25-10-9-16-18(12-25)23-19(24-20(16)26)13-5-7-15(22)8-6-13/h1-8H,9-12,22H2,(H,23,24,26). The van der Waals surface area contributed by atoms with Crippen molar-refractivity contribution in [2.75, 3.05) is 12.3 Å². The van der Waals surface area contributed by atoms with Crippen LogP contribution in [0.5, 0.6) is 0 Å². The molecule has 1 aliphatic rings. The Kier molecular flexibility index (Phi) is 4.49. The molecular formula is C20H19ClN4O. The van der Waals surface area contributed by atoms with Crippen LogP contribution in [-0.2, 0) is 19.5 Å². The molecule has 1 aromatic heterocycles. The largest absolute Gasteiger partial charge is 0.399 e. The van der Waals surface area contributed by atoms with Crippen molar-refractivity contribution >= 4 is 17.3 Å². The Morgan fingerprint density at radius 3 is 2.69 bits per heavy atom. The highest BCUT2D eigenvalue weighted by Gasteiger charge is 2.22. The van der Waals surface area contributed by atoms with E-state index in [2.05, 4.69) is 9.88 Å². The summed E-state index contributed by atoms with van der Waals surface area (Å²) in [7, 11) is 0. The first-order valence-corrected chi connectivity index (χ1v) is 8.92. The van der Waals surface area contributed by atoms with E-state index in [0.717, 1.165) is 40.5 Å². The van der Waals surface area contributed by atoms with Gasteiger partial charge in [0.05, 0.1) is 5.69 Å². The minimum absolute atomic E-state index is 0.0563. The topological polar surface area (TPSA) is 75.0 Å². The van der Waals surface area contributed by atoms with Gasteiger partial charge in [-0.1, -0.05) is 29.8 Å². The zero-order chi connectivity index (χ0) is 18.1. The number of hydrogen-bond donors (Lipinski definition) is 2. The van der Waals surface area contributed by atoms with Gasteiger partial charge in [0, 0.05) is 41.5 Å². The molecule has 2 aromatic carbocycles. The van der Waals surface area contributed by atoms with Crippen molar-refractivity contribution in [3.8, 4) is 11.4 Å². The maximum absolute atomic E-state index is 12.5. The first-order chi connectivity index (χ1) is 12.6. The quantitative estimate of drug-likeness (QED) is 0.698. The van der Waals surface area contributed by atoms with Crippen LogP contribution < -0.4 is 11.3 Å². The average molecular weight is 367 g/mol. The van der Waals surface area contributed by atoms with Gasteiger partial charge in [-0.25, -0.2) is 4.98 Å². The smallest absolute Gasteiger partial charge is 0.254 e. The molecule has 2 heterocycles. The van der Waals surface area contributed by atoms with E-state index in [1.807, 2.05) is 36.4 Å². The third kappa shape index (κ3) is 3.36. The molecule has 0 saturated heterocycles. The summed E-state index contributed by atoms with van der Waals surface area (Å²) in [6.07, 6.45) is 0.685. The number of aromatic nitrogens is 2. The van der Waals surface area contributed by atoms with Crippen molar-refractivity contribution in [1.29, 1.82) is 0 Å². The molecular weight excluding hydrogens is 348 g/mol. The minimum Gasteiger partial charge on any atom is -0.399 e. The van der Waals surface area contributed by atoms with Crippen LogP contribution in [0.1, 0.15) is 16.8 Å². The summed E-state index contributed by atoms with van der Waals surface area (Å²) in [6, 6.07) is 15.2. The van der Waals surface area contributed by atoms with E-state index in [0.29, 0.717) is 24.5 Å². The van der Waals surface area contributed by atoms with Crippen molar-refractivity contribution in [3.05, 3.63) is 80.7 Å². The normalized spacial score (nSPS) is 14.2. The second-order valence-corrected chi connectivity index (χ2v) is 6.92. The number of anilines is 1. The van der Waals surface area contributed by atoms with E-state index in [1.54, 1.807) is 12.1 Å². The molecule has 0 radical (unpaired) electrons. The fraction of sp³-hybridized carbons (Fsp3) is 0.200. The molecule has 4 rings (SSSR count). The number of benzene rings is 2. The molecule has 0 aliphatic carbocycles. The highest BCUT2D eigenvalue weighted by atomic mass is 35.5. The molecule has 0 spiro atoms. The Balaban J connectivity index is 1.62. The van der Waals surface area contributed by atoms with E-state index < -0.39 is 0 Å². The first-order valence-electron chi connectivity index (χ1n) is 8.54. The van der Waals surface area contributed by atoms with Gasteiger partial charge in [-0.05, 0) is 42.3 Å². The van der Waals surface area contributed by atoms with Crippen LogP contribution >= 0.6 is 11.6 Å². The van der Waals surface area contributed by atoms with Gasteiger partial charge in [0.1, 0.15) is 5.82 Å². The van der Waals surface area contributed by atoms with Crippen molar-refractivity contribution in [1.82, 2.24) is 14.9 Å². The fourth-order valence-corrected chi connectivity index (χ4v) is 3.47. The number of nitrogen functional groups attached to an aromatic ring is 1. The molecule has 6 heteroatoms. The summed E-state index contributed by atoms with van der Waals surface area (Å²) < 4.78 is 0. The Morgan fingerprint density at radius 2 is 1.92 bits per heavy atom. The number of rotatable bonds is 3. The lowest BCUT2D eigenvalue weighted by molar-refractivity contribution is 0.240. The van der Waals surface area contributed by atoms with Crippen molar-refractivity contribution < 1.29 is 0 Å². The summed E-state index contributed by atoms with van der Waals surface area (Å²) >= 11 is 6.28. The lowest BCUT2D eigenvalue weighted by atomic mass is 10.0. The molecule has 3 N–H and O–H groups in total. The lowest BCUT2D eigenvalue weighted by Crippen LogP contribution is -2.35. The Labute approximate surface area is 156 Å². The average Bonchev–Trinajstić information content (AvgIpc) is 2.64. The summed E-state index contributed by atoms with van der Waals surface area (Å²) in [5, 5.41) is 0.764. The molecule has 1 aliphatic heterocycles. The predicted molar refractivity (Wildman–Crippen MR) is 104 cm³/mol. The van der Waals surface area contributed by atoms with Crippen LogP contribution in [0.25, 0.3) is 11.4 Å². The van der Waals surface area contributed by atoms with Gasteiger partial charge in [0.25, 0.3) is 5.56 Å². The molecule has 0 atom stereocenters. The first kappa shape index (κ1) is 16.8. The van der Waals surface area contributed by atoms with Gasteiger partial charge >= 0.3 is 0 Å². The van der Waals surface area contributed by atoms with Crippen molar-refractivity contribution in [2.45, 2.75) is 19.5 Å². The summed E-state index contributed by atoms with van der Waals surface area (Å²) in [6.45, 7) is 2.18. The van der Waals surface area contributed by atoms with Crippen molar-refractivity contribution in [3.63, 3.8) is 0 Å². The number of H-pyrrole nitrogens is 1. The van der Waals surface area contributed by atoms with Crippen LogP contribution in [0.2, 0.25) is 5.02 Å². The second-order valence-electron chi connectivity index (χ2n) is 6.51. The third-order valence-electron chi connectivity index (χ3n) is 4.69. The van der Waals surface area contributed by atoms with Crippen molar-refractivity contribution in [2.24, 2.45) is 0 Å². The molecule has 132 valence electrons. The third-order valence-corrected chi connectivity index (χ3v) is 5.06. The zero-order valence-electron chi connectivity index (χ0n) is 14.2. The van der Waals surface area contributed by atoms with Gasteiger partial charge in [-0.2, -0.15) is 0 Å². The number of nitrogens with two attached hydrogens (primary N) is 1. The molecule has 0 saturated carbocycles. The molecule has 0 amide bonds. The molecule has 0 bridgehead atoms. The molecule has 3 aromatic rings. The van der Waals surface area contributed by atoms with E-state index in [9.17, 15) is 4.79 Å². The van der Waals surface area contributed by atoms with Crippen LogP contribution in [0, 0.1) is 0 Å². The van der Waals surface area contributed by atoms with E-state index >= 15 is 0 Å². The second kappa shape index (κ2) is 6.94. The predicted octanol–water partition coefficient (Wildman–Crippen LogP) is 3.23. The monoisotopic (exact) mass is 366 g/mol. The number of aromatic amines is 1. The van der Waals surface area contributed by atoms with Gasteiger partial charge in [0.15, 0.2) is 0 Å². The summed E-state index contributed by atoms with van der Waals surface area (Å²) in [5.41, 5.74) is 9.91. The number of halogens is 1. The van der Waals surface area contributed by atoms with Crippen LogP contribution in [0.3, 0.4) is 0 Å². The molecule has 0 unspecified atom stereocenters. The number of nitrogens with one attached hydrogen (secondary N) is 1. The number of fused-ring (bicyclic) bond motifs is 1. The maximum Gasteiger partial charge on any atom is 0.254 e. The molecule has 26 heavy (non-hydrogen) atoms. The van der Waals surface area contributed by atoms with Crippen LogP contribution in [0.4, 0.5) is 5.69 Å². The SMILES string of the molecule is Nc1ccc(-c2nc3c(c(=O)[nH]2)CCN(Cc2ccccc2Cl)C3)cc1. The van der Waals surface area contributed by atoms with Gasteiger partial charge < -0.3 is 10.7 Å². The zero-order valence-corrected chi connectivity index (χ0v) is 15.0. The van der Waals surface area contributed by atoms with Gasteiger partial charge in [-0.3, -0.25) is 9.69 Å². The number of nitrogens with zero attached hydrogens (tertiary/aromatic N) is 2. The highest BCUT2D eigenvalue weighted by Crippen LogP contribution is 2.23. The lowest BCUT2D eigenvalue weighted by Gasteiger charge is -2.28. The van der Waals surface area contributed by atoms with Gasteiger partial charge in [0.2, 0.25) is 0 Å². The summed E-state index contributed by atoms with van der Waals surface area (Å²) in [5.74, 6) is 0.577. The molecule has 5 nitrogen and oxygen atoms in total. The van der Waals surface area contributed by atoms with Gasteiger partial charge in [-0.15, -0.1) is 0 Å². The van der Waals surface area contributed by atoms with E-state index in [1.165, 1.54) is 0 Å². The molecule has 0 fully saturated rings. The van der Waals surface area contributed by atoms with E-state index in [-0.39, 0.29) is 5.56 Å². The van der Waals surface area contributed by atoms with E-state index in [4.69, 9.17) is 22.3 Å². The van der Waals surface area contributed by atoms with Crippen LogP contribution in [0.15, 0.2) is 53.3 Å². The number of hydrogen-bond acceptors (Lipinski definition) is 4. The van der Waals surface area contributed by atoms with Crippen LogP contribution in [-0.4, -0.2) is 21.4 Å². The maximum atomic E-state index is 12.5. The highest BCUT2D eigenvalue weighted by molar-refractivity contribution is 6.31. The fourth-order valence-electron chi connectivity index (χ4n) is 3.27. The summed E-state index contributed by atoms with van der Waals surface area (Å²) in [4.78, 5) is 22.4. The Morgan fingerprint density at radius 1 is 1.15 bits per heavy atom. The Bertz CT molecular complexity index is 997. The Hall–Kier alpha value is -2.63.